The van der Waals surface area contributed by atoms with Crippen molar-refractivity contribution in [2.24, 2.45) is 0 Å². The Morgan fingerprint density at radius 2 is 1.69 bits per heavy atom. The Labute approximate surface area is 162 Å². The number of hydrogen-bond acceptors (Lipinski definition) is 3. The van der Waals surface area contributed by atoms with Gasteiger partial charge in [-0.15, -0.1) is 0 Å². The molecule has 0 bridgehead atoms. The quantitative estimate of drug-likeness (QED) is 0.753. The third-order valence-corrected chi connectivity index (χ3v) is 5.00. The molecule has 0 atom stereocenters. The number of rotatable bonds is 5. The Morgan fingerprint density at radius 3 is 2.38 bits per heavy atom. The molecule has 1 aromatic carbocycles. The zero-order valence-corrected chi connectivity index (χ0v) is 16.2. The van der Waals surface area contributed by atoms with Crippen LogP contribution in [0.15, 0.2) is 53.3 Å². The SMILES string of the molecule is O=C(CCCc1ccccc1)N1CCN(C(=O)c2cncc(Br)c2)CC1. The monoisotopic (exact) mass is 415 g/mol. The highest BCUT2D eigenvalue weighted by Gasteiger charge is 2.24. The van der Waals surface area contributed by atoms with Crippen LogP contribution in [0.5, 0.6) is 0 Å². The van der Waals surface area contributed by atoms with E-state index in [1.807, 2.05) is 23.1 Å². The van der Waals surface area contributed by atoms with E-state index in [1.165, 1.54) is 5.56 Å². The summed E-state index contributed by atoms with van der Waals surface area (Å²) in [7, 11) is 0. The van der Waals surface area contributed by atoms with Gasteiger partial charge in [-0.2, -0.15) is 0 Å². The second-order valence-electron chi connectivity index (χ2n) is 6.40. The van der Waals surface area contributed by atoms with Crippen molar-refractivity contribution in [2.75, 3.05) is 26.2 Å². The molecule has 3 rings (SSSR count). The molecule has 26 heavy (non-hydrogen) atoms. The van der Waals surface area contributed by atoms with E-state index in [9.17, 15) is 9.59 Å². The van der Waals surface area contributed by atoms with Crippen molar-refractivity contribution in [3.05, 3.63) is 64.4 Å². The lowest BCUT2D eigenvalue weighted by Gasteiger charge is -2.34. The standard InChI is InChI=1S/C20H22BrN3O2/c21-18-13-17(14-22-15-18)20(26)24-11-9-23(10-12-24)19(25)8-4-7-16-5-2-1-3-6-16/h1-3,5-6,13-15H,4,7-12H2. The van der Waals surface area contributed by atoms with Crippen molar-refractivity contribution in [3.63, 3.8) is 0 Å². The van der Waals surface area contributed by atoms with Gasteiger partial charge in [0.1, 0.15) is 0 Å². The van der Waals surface area contributed by atoms with E-state index >= 15 is 0 Å². The summed E-state index contributed by atoms with van der Waals surface area (Å²) in [4.78, 5) is 32.6. The summed E-state index contributed by atoms with van der Waals surface area (Å²) in [5.41, 5.74) is 1.83. The highest BCUT2D eigenvalue weighted by molar-refractivity contribution is 9.10. The number of aryl methyl sites for hydroxylation is 1. The molecule has 2 heterocycles. The Balaban J connectivity index is 1.44. The van der Waals surface area contributed by atoms with Crippen molar-refractivity contribution >= 4 is 27.7 Å². The van der Waals surface area contributed by atoms with E-state index in [1.54, 1.807) is 23.4 Å². The summed E-state index contributed by atoms with van der Waals surface area (Å²) in [5.74, 6) is 0.145. The molecule has 0 unspecified atom stereocenters. The van der Waals surface area contributed by atoms with Crippen LogP contribution < -0.4 is 0 Å². The van der Waals surface area contributed by atoms with Gasteiger partial charge in [-0.3, -0.25) is 14.6 Å². The van der Waals surface area contributed by atoms with Crippen LogP contribution in [0.2, 0.25) is 0 Å². The lowest BCUT2D eigenvalue weighted by Crippen LogP contribution is -2.50. The van der Waals surface area contributed by atoms with Crippen LogP contribution in [0, 0.1) is 0 Å². The number of halogens is 1. The molecule has 1 aliphatic rings. The van der Waals surface area contributed by atoms with Gasteiger partial charge < -0.3 is 9.80 Å². The number of carbonyl (C=O) groups excluding carboxylic acids is 2. The molecule has 0 saturated carbocycles. The molecule has 1 saturated heterocycles. The maximum absolute atomic E-state index is 12.5. The van der Waals surface area contributed by atoms with Gasteiger partial charge in [-0.1, -0.05) is 30.3 Å². The van der Waals surface area contributed by atoms with Gasteiger partial charge in [0.2, 0.25) is 5.91 Å². The smallest absolute Gasteiger partial charge is 0.255 e. The molecule has 1 aromatic heterocycles. The molecular weight excluding hydrogens is 394 g/mol. The normalized spacial score (nSPS) is 14.3. The third kappa shape index (κ3) is 4.91. The predicted octanol–water partition coefficient (Wildman–Crippen LogP) is 3.15. The van der Waals surface area contributed by atoms with Gasteiger partial charge in [-0.05, 0) is 40.4 Å². The number of hydrogen-bond donors (Lipinski definition) is 0. The number of benzene rings is 1. The van der Waals surface area contributed by atoms with Crippen molar-refractivity contribution in [1.29, 1.82) is 0 Å². The van der Waals surface area contributed by atoms with Crippen LogP contribution in [-0.4, -0.2) is 52.8 Å². The number of aromatic nitrogens is 1. The van der Waals surface area contributed by atoms with Gasteiger partial charge in [0.05, 0.1) is 5.56 Å². The number of nitrogens with zero attached hydrogens (tertiary/aromatic N) is 3. The first-order chi connectivity index (χ1) is 12.6. The van der Waals surface area contributed by atoms with Gasteiger partial charge in [-0.25, -0.2) is 0 Å². The zero-order chi connectivity index (χ0) is 18.4. The first-order valence-electron chi connectivity index (χ1n) is 8.85. The summed E-state index contributed by atoms with van der Waals surface area (Å²) in [6.45, 7) is 2.32. The molecule has 2 amide bonds. The van der Waals surface area contributed by atoms with Crippen LogP contribution in [0.4, 0.5) is 0 Å². The lowest BCUT2D eigenvalue weighted by atomic mass is 10.1. The highest BCUT2D eigenvalue weighted by atomic mass is 79.9. The van der Waals surface area contributed by atoms with Crippen LogP contribution >= 0.6 is 15.9 Å². The molecule has 6 heteroatoms. The summed E-state index contributed by atoms with van der Waals surface area (Å²) in [6, 6.07) is 12.0. The molecule has 0 spiro atoms. The molecule has 0 aliphatic carbocycles. The first kappa shape index (κ1) is 18.6. The van der Waals surface area contributed by atoms with E-state index in [0.717, 1.165) is 17.3 Å². The Kier molecular flexibility index (Phi) is 6.39. The van der Waals surface area contributed by atoms with Crippen LogP contribution in [0.1, 0.15) is 28.8 Å². The third-order valence-electron chi connectivity index (χ3n) is 4.57. The minimum atomic E-state index is -0.0324. The van der Waals surface area contributed by atoms with E-state index in [-0.39, 0.29) is 11.8 Å². The fraction of sp³-hybridized carbons (Fsp3) is 0.350. The van der Waals surface area contributed by atoms with E-state index in [4.69, 9.17) is 0 Å². The molecular formula is C20H22BrN3O2. The lowest BCUT2D eigenvalue weighted by molar-refractivity contribution is -0.132. The van der Waals surface area contributed by atoms with Crippen LogP contribution in [-0.2, 0) is 11.2 Å². The van der Waals surface area contributed by atoms with Crippen LogP contribution in [0.3, 0.4) is 0 Å². The molecule has 136 valence electrons. The second-order valence-corrected chi connectivity index (χ2v) is 7.32. The number of pyridine rings is 1. The number of piperazine rings is 1. The summed E-state index contributed by atoms with van der Waals surface area (Å²) in [6.07, 6.45) is 5.56. The average Bonchev–Trinajstić information content (AvgIpc) is 2.68. The molecule has 0 radical (unpaired) electrons. The van der Waals surface area contributed by atoms with Crippen molar-refractivity contribution < 1.29 is 9.59 Å². The van der Waals surface area contributed by atoms with Crippen molar-refractivity contribution in [1.82, 2.24) is 14.8 Å². The average molecular weight is 416 g/mol. The summed E-state index contributed by atoms with van der Waals surface area (Å²) >= 11 is 3.34. The molecule has 1 fully saturated rings. The highest BCUT2D eigenvalue weighted by Crippen LogP contribution is 2.14. The Morgan fingerprint density at radius 1 is 1.00 bits per heavy atom. The zero-order valence-electron chi connectivity index (χ0n) is 14.6. The fourth-order valence-corrected chi connectivity index (χ4v) is 3.48. The van der Waals surface area contributed by atoms with E-state index in [0.29, 0.717) is 38.2 Å². The Hall–Kier alpha value is -2.21. The first-order valence-corrected chi connectivity index (χ1v) is 9.64. The minimum Gasteiger partial charge on any atom is -0.339 e. The number of amides is 2. The van der Waals surface area contributed by atoms with E-state index in [2.05, 4.69) is 33.0 Å². The molecule has 0 N–H and O–H groups in total. The van der Waals surface area contributed by atoms with Crippen molar-refractivity contribution in [2.45, 2.75) is 19.3 Å². The Bertz CT molecular complexity index is 759. The maximum atomic E-state index is 12.5. The minimum absolute atomic E-state index is 0.0324. The fourth-order valence-electron chi connectivity index (χ4n) is 3.12. The summed E-state index contributed by atoms with van der Waals surface area (Å²) < 4.78 is 0.788. The van der Waals surface area contributed by atoms with Gasteiger partial charge >= 0.3 is 0 Å². The summed E-state index contributed by atoms with van der Waals surface area (Å²) in [5, 5.41) is 0. The molecule has 5 nitrogen and oxygen atoms in total. The predicted molar refractivity (Wildman–Crippen MR) is 104 cm³/mol. The van der Waals surface area contributed by atoms with Crippen molar-refractivity contribution in [3.8, 4) is 0 Å². The molecule has 2 aromatic rings. The van der Waals surface area contributed by atoms with Gasteiger partial charge in [0.15, 0.2) is 0 Å². The van der Waals surface area contributed by atoms with Gasteiger partial charge in [0.25, 0.3) is 5.91 Å². The largest absolute Gasteiger partial charge is 0.339 e. The topological polar surface area (TPSA) is 53.5 Å². The number of carbonyl (C=O) groups is 2. The second kappa shape index (κ2) is 8.94. The van der Waals surface area contributed by atoms with E-state index < -0.39 is 0 Å². The molecule has 1 aliphatic heterocycles. The maximum Gasteiger partial charge on any atom is 0.255 e. The van der Waals surface area contributed by atoms with Gasteiger partial charge in [0, 0.05) is 49.5 Å². The van der Waals surface area contributed by atoms with Crippen LogP contribution in [0.25, 0.3) is 0 Å².